The van der Waals surface area contributed by atoms with Crippen molar-refractivity contribution in [2.45, 2.75) is 0 Å². The molecule has 0 aliphatic heterocycles. The SMILES string of the molecule is c1ccc(-c2cc(-c3ccc(-n4c5ccccc5c5ccc(-c6ccc7c(c6)c6ccccc6n7-c6ccc7c(c6)c6ncccc6n7-c6ccccc6)cc54)cc3)cc(-c3ccccc3)n2)cc1. The van der Waals surface area contributed by atoms with Crippen LogP contribution in [0.4, 0.5) is 0 Å². The van der Waals surface area contributed by atoms with Gasteiger partial charge in [-0.05, 0) is 119 Å². The molecule has 0 atom stereocenters. The van der Waals surface area contributed by atoms with E-state index in [9.17, 15) is 0 Å². The Morgan fingerprint density at radius 2 is 0.725 bits per heavy atom. The van der Waals surface area contributed by atoms with Gasteiger partial charge in [0.1, 0.15) is 0 Å². The molecule has 5 aromatic heterocycles. The highest BCUT2D eigenvalue weighted by atomic mass is 15.0. The number of fused-ring (bicyclic) bond motifs is 9. The molecule has 9 aromatic carbocycles. The van der Waals surface area contributed by atoms with Crippen molar-refractivity contribution in [2.24, 2.45) is 0 Å². The quantitative estimate of drug-likeness (QED) is 0.160. The number of benzene rings is 9. The maximum absolute atomic E-state index is 5.13. The standard InChI is InChI=1S/C64H41N5/c1-4-15-43(16-5-1)56-38-47(39-57(66-56)44-17-6-2-7-18-44)42-26-30-49(31-27-42)68-58-23-12-10-21-51(58)53-33-28-46(40-63(53)68)45-29-34-60-54(37-45)52-22-11-13-24-59(52)69(60)50-32-35-61-55(41-50)64-62(25-14-36-65-64)67(61)48-19-8-3-9-20-48/h1-41H. The minimum Gasteiger partial charge on any atom is -0.309 e. The number of para-hydroxylation sites is 3. The Morgan fingerprint density at radius 3 is 1.43 bits per heavy atom. The normalized spacial score (nSPS) is 11.8. The molecular formula is C64H41N5. The highest BCUT2D eigenvalue weighted by Gasteiger charge is 2.19. The second kappa shape index (κ2) is 15.7. The largest absolute Gasteiger partial charge is 0.309 e. The molecule has 0 bridgehead atoms. The van der Waals surface area contributed by atoms with Crippen LogP contribution < -0.4 is 0 Å². The number of aromatic nitrogens is 5. The Kier molecular flexibility index (Phi) is 8.83. The zero-order valence-electron chi connectivity index (χ0n) is 37.4. The van der Waals surface area contributed by atoms with Gasteiger partial charge in [0, 0.05) is 61.3 Å². The van der Waals surface area contributed by atoms with Gasteiger partial charge in [-0.15, -0.1) is 0 Å². The van der Waals surface area contributed by atoms with Gasteiger partial charge in [0.2, 0.25) is 0 Å². The first kappa shape index (κ1) is 38.9. The molecular weight excluding hydrogens is 839 g/mol. The minimum atomic E-state index is 0.955. The summed E-state index contributed by atoms with van der Waals surface area (Å²) in [5.74, 6) is 0. The van der Waals surface area contributed by atoms with Crippen molar-refractivity contribution in [1.82, 2.24) is 23.7 Å². The van der Waals surface area contributed by atoms with Gasteiger partial charge in [-0.1, -0.05) is 146 Å². The van der Waals surface area contributed by atoms with Crippen LogP contribution in [0.2, 0.25) is 0 Å². The third kappa shape index (κ3) is 6.32. The first-order chi connectivity index (χ1) is 34.2. The summed E-state index contributed by atoms with van der Waals surface area (Å²) in [6.45, 7) is 0. The predicted molar refractivity (Wildman–Crippen MR) is 287 cm³/mol. The molecule has 0 saturated heterocycles. The molecule has 0 spiro atoms. The van der Waals surface area contributed by atoms with Crippen LogP contribution in [0, 0.1) is 0 Å². The zero-order valence-corrected chi connectivity index (χ0v) is 37.4. The predicted octanol–water partition coefficient (Wildman–Crippen LogP) is 16.4. The van der Waals surface area contributed by atoms with Gasteiger partial charge in [-0.2, -0.15) is 0 Å². The average molecular weight is 880 g/mol. The second-order valence-electron chi connectivity index (χ2n) is 17.8. The Labute approximate surface area is 398 Å². The highest BCUT2D eigenvalue weighted by Crippen LogP contribution is 2.40. The molecule has 5 heteroatoms. The molecule has 5 nitrogen and oxygen atoms in total. The van der Waals surface area contributed by atoms with E-state index in [0.717, 1.165) is 78.2 Å². The summed E-state index contributed by atoms with van der Waals surface area (Å²) in [6, 6.07) is 87.3. The van der Waals surface area contributed by atoms with Gasteiger partial charge in [-0.3, -0.25) is 4.98 Å². The number of nitrogens with zero attached hydrogens (tertiary/aromatic N) is 5. The minimum absolute atomic E-state index is 0.955. The summed E-state index contributed by atoms with van der Waals surface area (Å²) in [6.07, 6.45) is 1.89. The molecule has 322 valence electrons. The Bertz CT molecular complexity index is 4220. The van der Waals surface area contributed by atoms with Crippen LogP contribution in [0.15, 0.2) is 249 Å². The molecule has 69 heavy (non-hydrogen) atoms. The first-order valence-electron chi connectivity index (χ1n) is 23.5. The van der Waals surface area contributed by atoms with Crippen molar-refractivity contribution in [3.8, 4) is 61.8 Å². The van der Waals surface area contributed by atoms with Gasteiger partial charge in [-0.25, -0.2) is 4.98 Å². The molecule has 0 aliphatic carbocycles. The van der Waals surface area contributed by atoms with E-state index in [1.165, 1.54) is 49.2 Å². The van der Waals surface area contributed by atoms with Crippen molar-refractivity contribution < 1.29 is 0 Å². The van der Waals surface area contributed by atoms with Gasteiger partial charge in [0.25, 0.3) is 0 Å². The van der Waals surface area contributed by atoms with E-state index in [1.807, 2.05) is 24.4 Å². The third-order valence-electron chi connectivity index (χ3n) is 13.9. The van der Waals surface area contributed by atoms with E-state index < -0.39 is 0 Å². The monoisotopic (exact) mass is 879 g/mol. The first-order valence-corrected chi connectivity index (χ1v) is 23.5. The maximum atomic E-state index is 5.13. The van der Waals surface area contributed by atoms with E-state index in [1.54, 1.807) is 0 Å². The summed E-state index contributed by atoms with van der Waals surface area (Å²) >= 11 is 0. The van der Waals surface area contributed by atoms with Crippen molar-refractivity contribution in [1.29, 1.82) is 0 Å². The molecule has 0 radical (unpaired) electrons. The maximum Gasteiger partial charge on any atom is 0.0964 e. The molecule has 0 saturated carbocycles. The third-order valence-corrected chi connectivity index (χ3v) is 13.9. The Hall–Kier alpha value is -9.32. The average Bonchev–Trinajstić information content (AvgIpc) is 4.06. The summed E-state index contributed by atoms with van der Waals surface area (Å²) in [5, 5.41) is 6.01. The van der Waals surface area contributed by atoms with Crippen LogP contribution >= 0.6 is 0 Å². The van der Waals surface area contributed by atoms with Crippen molar-refractivity contribution in [3.63, 3.8) is 0 Å². The number of pyridine rings is 2. The molecule has 5 heterocycles. The molecule has 0 unspecified atom stereocenters. The number of hydrogen-bond donors (Lipinski definition) is 0. The van der Waals surface area contributed by atoms with Crippen molar-refractivity contribution in [3.05, 3.63) is 249 Å². The lowest BCUT2D eigenvalue weighted by Gasteiger charge is -2.13. The topological polar surface area (TPSA) is 40.6 Å². The van der Waals surface area contributed by atoms with E-state index in [2.05, 4.69) is 238 Å². The Balaban J connectivity index is 0.879. The summed E-state index contributed by atoms with van der Waals surface area (Å²) < 4.78 is 7.14. The van der Waals surface area contributed by atoms with Crippen LogP contribution in [-0.2, 0) is 0 Å². The van der Waals surface area contributed by atoms with Crippen molar-refractivity contribution in [2.75, 3.05) is 0 Å². The molecule has 0 fully saturated rings. The van der Waals surface area contributed by atoms with Crippen LogP contribution in [-0.4, -0.2) is 23.7 Å². The summed E-state index contributed by atoms with van der Waals surface area (Å²) in [4.78, 5) is 10.0. The number of rotatable bonds is 7. The summed E-state index contributed by atoms with van der Waals surface area (Å²) in [5.41, 5.74) is 19.9. The highest BCUT2D eigenvalue weighted by molar-refractivity contribution is 6.13. The van der Waals surface area contributed by atoms with E-state index in [0.29, 0.717) is 0 Å². The molecule has 0 amide bonds. The van der Waals surface area contributed by atoms with Crippen LogP contribution in [0.3, 0.4) is 0 Å². The van der Waals surface area contributed by atoms with Crippen LogP contribution in [0.5, 0.6) is 0 Å². The van der Waals surface area contributed by atoms with Gasteiger partial charge in [0.05, 0.1) is 50.0 Å². The van der Waals surface area contributed by atoms with Gasteiger partial charge >= 0.3 is 0 Å². The van der Waals surface area contributed by atoms with Gasteiger partial charge < -0.3 is 13.7 Å². The van der Waals surface area contributed by atoms with Crippen LogP contribution in [0.25, 0.3) is 127 Å². The molecule has 0 aliphatic rings. The fraction of sp³-hybridized carbons (Fsp3) is 0. The lowest BCUT2D eigenvalue weighted by Crippen LogP contribution is -1.95. The lowest BCUT2D eigenvalue weighted by atomic mass is 9.99. The molecule has 14 aromatic rings. The molecule has 14 rings (SSSR count). The van der Waals surface area contributed by atoms with Crippen molar-refractivity contribution >= 4 is 65.5 Å². The van der Waals surface area contributed by atoms with E-state index in [4.69, 9.17) is 9.97 Å². The second-order valence-corrected chi connectivity index (χ2v) is 17.8. The van der Waals surface area contributed by atoms with E-state index >= 15 is 0 Å². The van der Waals surface area contributed by atoms with Gasteiger partial charge in [0.15, 0.2) is 0 Å². The van der Waals surface area contributed by atoms with Crippen LogP contribution in [0.1, 0.15) is 0 Å². The Morgan fingerprint density at radius 1 is 0.246 bits per heavy atom. The fourth-order valence-electron chi connectivity index (χ4n) is 10.7. The lowest BCUT2D eigenvalue weighted by molar-refractivity contribution is 1.16. The number of hydrogen-bond acceptors (Lipinski definition) is 2. The summed E-state index contributed by atoms with van der Waals surface area (Å²) in [7, 11) is 0. The zero-order chi connectivity index (χ0) is 45.4. The van der Waals surface area contributed by atoms with E-state index in [-0.39, 0.29) is 0 Å². The smallest absolute Gasteiger partial charge is 0.0964 e. The fourth-order valence-corrected chi connectivity index (χ4v) is 10.7. The molecule has 0 N–H and O–H groups in total.